The normalized spacial score (nSPS) is 19.3. The summed E-state index contributed by atoms with van der Waals surface area (Å²) in [7, 11) is 0. The average molecular weight is 615 g/mol. The van der Waals surface area contributed by atoms with Crippen molar-refractivity contribution in [2.24, 2.45) is 35.5 Å². The van der Waals surface area contributed by atoms with Gasteiger partial charge in [-0.25, -0.2) is 0 Å². The van der Waals surface area contributed by atoms with Gasteiger partial charge in [0.05, 0.1) is 12.2 Å². The van der Waals surface area contributed by atoms with Gasteiger partial charge in [-0.2, -0.15) is 0 Å². The molecule has 43 heavy (non-hydrogen) atoms. The van der Waals surface area contributed by atoms with Gasteiger partial charge in [0.15, 0.2) is 12.6 Å². The van der Waals surface area contributed by atoms with E-state index in [-0.39, 0.29) is 24.8 Å². The second kappa shape index (κ2) is 27.0. The molecule has 0 aromatic carbocycles. The van der Waals surface area contributed by atoms with E-state index in [9.17, 15) is 10.2 Å². The van der Waals surface area contributed by atoms with Gasteiger partial charge in [-0.15, -0.1) is 0 Å². The van der Waals surface area contributed by atoms with Crippen LogP contribution in [0.25, 0.3) is 0 Å². The second-order valence-corrected chi connectivity index (χ2v) is 15.0. The highest BCUT2D eigenvalue weighted by Gasteiger charge is 2.20. The van der Waals surface area contributed by atoms with Crippen LogP contribution < -0.4 is 0 Å². The molecule has 5 nitrogen and oxygen atoms in total. The minimum Gasteiger partial charge on any atom is -0.393 e. The van der Waals surface area contributed by atoms with Crippen molar-refractivity contribution in [1.29, 1.82) is 0 Å². The molecule has 0 aliphatic rings. The van der Waals surface area contributed by atoms with Crippen molar-refractivity contribution in [3.05, 3.63) is 0 Å². The van der Waals surface area contributed by atoms with Gasteiger partial charge in [-0.3, -0.25) is 0 Å². The molecule has 0 aliphatic heterocycles. The maximum Gasteiger partial charge on any atom is 0.160 e. The van der Waals surface area contributed by atoms with Crippen molar-refractivity contribution in [1.82, 2.24) is 0 Å². The maximum absolute atomic E-state index is 9.70. The van der Waals surface area contributed by atoms with Crippen molar-refractivity contribution in [3.63, 3.8) is 0 Å². The van der Waals surface area contributed by atoms with Crippen LogP contribution >= 0.6 is 0 Å². The Kier molecular flexibility index (Phi) is 26.8. The highest BCUT2D eigenvalue weighted by Crippen LogP contribution is 2.27. The van der Waals surface area contributed by atoms with Gasteiger partial charge in [-0.1, -0.05) is 81.1 Å². The molecule has 0 spiro atoms. The van der Waals surface area contributed by atoms with Crippen molar-refractivity contribution in [2.75, 3.05) is 13.2 Å². The molecule has 0 saturated heterocycles. The third-order valence-corrected chi connectivity index (χ3v) is 8.89. The Bertz CT molecular complexity index is 547. The molecule has 0 rings (SSSR count). The first-order chi connectivity index (χ1) is 20.4. The van der Waals surface area contributed by atoms with Gasteiger partial charge in [0.2, 0.25) is 0 Å². The predicted octanol–water partition coefficient (Wildman–Crippen LogP) is 10.5. The summed E-state index contributed by atoms with van der Waals surface area (Å²) in [4.78, 5) is 0. The van der Waals surface area contributed by atoms with Crippen molar-refractivity contribution in [3.8, 4) is 0 Å². The van der Waals surface area contributed by atoms with Crippen LogP contribution in [-0.4, -0.2) is 48.2 Å². The van der Waals surface area contributed by atoms with E-state index in [0.717, 1.165) is 77.4 Å². The van der Waals surface area contributed by atoms with Gasteiger partial charge >= 0.3 is 0 Å². The summed E-state index contributed by atoms with van der Waals surface area (Å²) in [6.45, 7) is 23.7. The van der Waals surface area contributed by atoms with Crippen LogP contribution in [0.2, 0.25) is 0 Å². The van der Waals surface area contributed by atoms with Crippen molar-refractivity contribution >= 4 is 0 Å². The molecule has 0 aromatic heterocycles. The Balaban J connectivity index is 4.83. The average Bonchev–Trinajstić information content (AvgIpc) is 2.87. The Morgan fingerprint density at radius 2 is 0.744 bits per heavy atom. The van der Waals surface area contributed by atoms with Gasteiger partial charge in [0.1, 0.15) is 0 Å². The fraction of sp³-hybridized carbons (Fsp3) is 1.00. The van der Waals surface area contributed by atoms with Crippen molar-refractivity contribution < 1.29 is 24.4 Å². The highest BCUT2D eigenvalue weighted by molar-refractivity contribution is 4.68. The first kappa shape index (κ1) is 42.8. The van der Waals surface area contributed by atoms with E-state index < -0.39 is 0 Å². The number of aliphatic hydroxyl groups excluding tert-OH is 2. The molecule has 0 aliphatic carbocycles. The molecule has 10 unspecified atom stereocenters. The largest absolute Gasteiger partial charge is 0.393 e. The maximum atomic E-state index is 9.70. The predicted molar refractivity (Wildman–Crippen MR) is 184 cm³/mol. The summed E-state index contributed by atoms with van der Waals surface area (Å²) in [5.41, 5.74) is 0. The summed E-state index contributed by atoms with van der Waals surface area (Å²) in [6.07, 6.45) is 16.7. The summed E-state index contributed by atoms with van der Waals surface area (Å²) in [6, 6.07) is 0. The van der Waals surface area contributed by atoms with E-state index in [1.807, 2.05) is 13.8 Å². The van der Waals surface area contributed by atoms with Crippen LogP contribution in [0.3, 0.4) is 0 Å². The lowest BCUT2D eigenvalue weighted by Crippen LogP contribution is -2.28. The first-order valence-corrected chi connectivity index (χ1v) is 18.6. The van der Waals surface area contributed by atoms with Crippen LogP contribution in [0.1, 0.15) is 172 Å². The van der Waals surface area contributed by atoms with E-state index in [0.29, 0.717) is 35.5 Å². The van der Waals surface area contributed by atoms with Gasteiger partial charge in [-0.05, 0) is 126 Å². The van der Waals surface area contributed by atoms with E-state index in [1.54, 1.807) is 0 Å². The Labute approximate surface area is 269 Å². The molecule has 0 amide bonds. The minimum absolute atomic E-state index is 0.193. The molecule has 0 heterocycles. The van der Waals surface area contributed by atoms with Crippen LogP contribution in [-0.2, 0) is 14.2 Å². The fourth-order valence-corrected chi connectivity index (χ4v) is 7.07. The summed E-state index contributed by atoms with van der Waals surface area (Å²) in [5, 5.41) is 19.4. The number of unbranched alkanes of at least 4 members (excludes halogenated alkanes) is 2. The Morgan fingerprint density at radius 3 is 1.07 bits per heavy atom. The quantitative estimate of drug-likeness (QED) is 0.0622. The summed E-state index contributed by atoms with van der Waals surface area (Å²) in [5.74, 6) is 3.89. The second-order valence-electron chi connectivity index (χ2n) is 15.0. The third kappa shape index (κ3) is 26.7. The summed E-state index contributed by atoms with van der Waals surface area (Å²) >= 11 is 0. The molecular formula is C38H78O5. The zero-order chi connectivity index (χ0) is 32.6. The van der Waals surface area contributed by atoms with Gasteiger partial charge in [0, 0.05) is 13.2 Å². The van der Waals surface area contributed by atoms with Crippen molar-refractivity contribution in [2.45, 2.75) is 197 Å². The van der Waals surface area contributed by atoms with Crippen LogP contribution in [0.4, 0.5) is 0 Å². The van der Waals surface area contributed by atoms with E-state index >= 15 is 0 Å². The number of hydrogen-bond donors (Lipinski definition) is 2. The lowest BCUT2D eigenvalue weighted by atomic mass is 9.86. The SMILES string of the molecule is CCCCOC(CCCC(C)CC(C)CC(C)CC(C)O)OC(CCCC(C)CC(C)CC(C)CC(C)O)OCCCC. The smallest absolute Gasteiger partial charge is 0.160 e. The van der Waals surface area contributed by atoms with E-state index in [4.69, 9.17) is 14.2 Å². The molecule has 0 aromatic rings. The third-order valence-electron chi connectivity index (χ3n) is 8.89. The van der Waals surface area contributed by atoms with Crippen LogP contribution in [0, 0.1) is 35.5 Å². The number of hydrogen-bond acceptors (Lipinski definition) is 5. The minimum atomic E-state index is -0.202. The monoisotopic (exact) mass is 615 g/mol. The molecule has 260 valence electrons. The number of ether oxygens (including phenoxy) is 3. The number of aliphatic hydroxyl groups is 2. The Morgan fingerprint density at radius 1 is 0.419 bits per heavy atom. The van der Waals surface area contributed by atoms with Gasteiger partial charge < -0.3 is 24.4 Å². The topological polar surface area (TPSA) is 68.2 Å². The Hall–Kier alpha value is -0.200. The molecular weight excluding hydrogens is 536 g/mol. The number of rotatable bonds is 30. The van der Waals surface area contributed by atoms with E-state index in [1.165, 1.54) is 38.5 Å². The molecule has 5 heteroatoms. The molecule has 0 fully saturated rings. The zero-order valence-corrected chi connectivity index (χ0v) is 30.6. The molecule has 0 bridgehead atoms. The lowest BCUT2D eigenvalue weighted by molar-refractivity contribution is -0.250. The highest BCUT2D eigenvalue weighted by atomic mass is 16.8. The molecule has 0 saturated carbocycles. The lowest BCUT2D eigenvalue weighted by Gasteiger charge is -2.27. The van der Waals surface area contributed by atoms with Crippen LogP contribution in [0.5, 0.6) is 0 Å². The van der Waals surface area contributed by atoms with Crippen LogP contribution in [0.15, 0.2) is 0 Å². The van der Waals surface area contributed by atoms with Gasteiger partial charge in [0.25, 0.3) is 0 Å². The van der Waals surface area contributed by atoms with E-state index in [2.05, 4.69) is 55.4 Å². The summed E-state index contributed by atoms with van der Waals surface area (Å²) < 4.78 is 19.1. The molecule has 10 atom stereocenters. The fourth-order valence-electron chi connectivity index (χ4n) is 7.07. The zero-order valence-electron chi connectivity index (χ0n) is 30.6. The molecule has 2 N–H and O–H groups in total. The standard InChI is InChI=1S/C38H78O5/c1-11-13-21-41-37(19-15-17-29(3)23-31(5)25-33(7)27-35(9)39)43-38(42-22-14-12-2)20-16-18-30(4)24-32(6)26-34(8)28-36(10)40/h29-40H,11-28H2,1-10H3. The molecule has 0 radical (unpaired) electrons. The first-order valence-electron chi connectivity index (χ1n) is 18.6.